The minimum atomic E-state index is -0.456. The van der Waals surface area contributed by atoms with E-state index in [1.807, 2.05) is 14.0 Å². The largest absolute Gasteiger partial charge is 0.386 e. The summed E-state index contributed by atoms with van der Waals surface area (Å²) in [4.78, 5) is 0. The normalized spacial score (nSPS) is 13.5. The number of alkyl halides is 1. The first-order valence-electron chi connectivity index (χ1n) is 3.39. The number of aryl methyl sites for hydroxylation is 2. The van der Waals surface area contributed by atoms with Gasteiger partial charge in [0, 0.05) is 12.4 Å². The molecule has 0 saturated carbocycles. The minimum absolute atomic E-state index is 0.456. The third-order valence-corrected chi connectivity index (χ3v) is 2.25. The fourth-order valence-corrected chi connectivity index (χ4v) is 1.41. The highest BCUT2D eigenvalue weighted by Gasteiger charge is 2.12. The predicted molar refractivity (Wildman–Crippen MR) is 46.7 cm³/mol. The van der Waals surface area contributed by atoms with Gasteiger partial charge in [-0.3, -0.25) is 4.68 Å². The van der Waals surface area contributed by atoms with Gasteiger partial charge < -0.3 is 5.11 Å². The Labute approximate surface area is 74.2 Å². The molecule has 1 atom stereocenters. The average molecular weight is 219 g/mol. The second-order valence-electron chi connectivity index (χ2n) is 2.51. The molecule has 0 amide bonds. The van der Waals surface area contributed by atoms with Crippen molar-refractivity contribution in [3.05, 3.63) is 17.5 Å². The molecule has 0 aromatic carbocycles. The fourth-order valence-electron chi connectivity index (χ4n) is 1.11. The van der Waals surface area contributed by atoms with Gasteiger partial charge in [0.25, 0.3) is 0 Å². The van der Waals surface area contributed by atoms with E-state index in [2.05, 4.69) is 21.0 Å². The van der Waals surface area contributed by atoms with Crippen LogP contribution >= 0.6 is 15.9 Å². The number of aromatic nitrogens is 2. The van der Waals surface area contributed by atoms with Crippen LogP contribution in [0, 0.1) is 6.92 Å². The van der Waals surface area contributed by atoms with Gasteiger partial charge >= 0.3 is 0 Å². The number of nitrogens with zero attached hydrogens (tertiary/aromatic N) is 2. The lowest BCUT2D eigenvalue weighted by molar-refractivity contribution is 0.194. The summed E-state index contributed by atoms with van der Waals surface area (Å²) >= 11 is 3.21. The molecule has 11 heavy (non-hydrogen) atoms. The molecular formula is C7H11BrN2O. The van der Waals surface area contributed by atoms with E-state index in [0.29, 0.717) is 5.33 Å². The maximum atomic E-state index is 9.47. The van der Waals surface area contributed by atoms with E-state index < -0.39 is 6.10 Å². The zero-order valence-corrected chi connectivity index (χ0v) is 8.17. The van der Waals surface area contributed by atoms with Crippen molar-refractivity contribution in [2.24, 2.45) is 7.05 Å². The Morgan fingerprint density at radius 1 is 1.82 bits per heavy atom. The summed E-state index contributed by atoms with van der Waals surface area (Å²) in [5, 5.41) is 14.0. The molecule has 0 saturated heterocycles. The quantitative estimate of drug-likeness (QED) is 0.758. The van der Waals surface area contributed by atoms with Crippen LogP contribution in [0.25, 0.3) is 0 Å². The van der Waals surface area contributed by atoms with Gasteiger partial charge in [-0.15, -0.1) is 0 Å². The average Bonchev–Trinajstić information content (AvgIpc) is 2.30. The van der Waals surface area contributed by atoms with Gasteiger partial charge in [-0.2, -0.15) is 5.10 Å². The summed E-state index contributed by atoms with van der Waals surface area (Å²) in [6.45, 7) is 1.94. The summed E-state index contributed by atoms with van der Waals surface area (Å²) in [5.74, 6) is 0. The molecule has 1 unspecified atom stereocenters. The van der Waals surface area contributed by atoms with E-state index >= 15 is 0 Å². The first kappa shape index (κ1) is 8.74. The fraction of sp³-hybridized carbons (Fsp3) is 0.571. The Morgan fingerprint density at radius 2 is 2.45 bits per heavy atom. The summed E-state index contributed by atoms with van der Waals surface area (Å²) in [6.07, 6.45) is 1.30. The lowest BCUT2D eigenvalue weighted by Gasteiger charge is -2.08. The summed E-state index contributed by atoms with van der Waals surface area (Å²) in [6, 6.07) is 0. The first-order chi connectivity index (χ1) is 5.16. The summed E-state index contributed by atoms with van der Waals surface area (Å²) in [5.41, 5.74) is 1.90. The Balaban J connectivity index is 3.00. The van der Waals surface area contributed by atoms with Crippen LogP contribution < -0.4 is 0 Å². The molecule has 1 aromatic heterocycles. The van der Waals surface area contributed by atoms with Crippen molar-refractivity contribution in [3.63, 3.8) is 0 Å². The van der Waals surface area contributed by atoms with Crippen molar-refractivity contribution in [3.8, 4) is 0 Å². The second-order valence-corrected chi connectivity index (χ2v) is 3.15. The molecule has 0 aliphatic rings. The zero-order valence-electron chi connectivity index (χ0n) is 6.58. The lowest BCUT2D eigenvalue weighted by atomic mass is 10.2. The highest BCUT2D eigenvalue weighted by molar-refractivity contribution is 9.09. The number of aliphatic hydroxyl groups is 1. The van der Waals surface area contributed by atoms with Gasteiger partial charge in [0.1, 0.15) is 6.10 Å². The first-order valence-corrected chi connectivity index (χ1v) is 4.51. The SMILES string of the molecule is Cc1cnn(C)c1C(O)CBr. The predicted octanol–water partition coefficient (Wildman–Crippen LogP) is 1.16. The van der Waals surface area contributed by atoms with Crippen LogP contribution in [0.1, 0.15) is 17.4 Å². The van der Waals surface area contributed by atoms with Crippen molar-refractivity contribution < 1.29 is 5.11 Å². The van der Waals surface area contributed by atoms with E-state index in [-0.39, 0.29) is 0 Å². The van der Waals surface area contributed by atoms with Crippen molar-refractivity contribution in [1.29, 1.82) is 0 Å². The van der Waals surface area contributed by atoms with Gasteiger partial charge in [-0.1, -0.05) is 15.9 Å². The zero-order chi connectivity index (χ0) is 8.43. The molecule has 0 radical (unpaired) electrons. The molecule has 3 nitrogen and oxygen atoms in total. The number of hydrogen-bond donors (Lipinski definition) is 1. The number of halogens is 1. The van der Waals surface area contributed by atoms with Crippen LogP contribution in [0.15, 0.2) is 6.20 Å². The van der Waals surface area contributed by atoms with Crippen molar-refractivity contribution in [2.45, 2.75) is 13.0 Å². The van der Waals surface area contributed by atoms with Crippen molar-refractivity contribution in [1.82, 2.24) is 9.78 Å². The third kappa shape index (κ3) is 1.62. The van der Waals surface area contributed by atoms with E-state index in [0.717, 1.165) is 11.3 Å². The summed E-state index contributed by atoms with van der Waals surface area (Å²) < 4.78 is 1.70. The van der Waals surface area contributed by atoms with Crippen LogP contribution in [0.3, 0.4) is 0 Å². The van der Waals surface area contributed by atoms with Crippen molar-refractivity contribution >= 4 is 15.9 Å². The lowest BCUT2D eigenvalue weighted by Crippen LogP contribution is -2.07. The van der Waals surface area contributed by atoms with Gasteiger partial charge in [0.15, 0.2) is 0 Å². The molecule has 1 N–H and O–H groups in total. The Kier molecular flexibility index (Phi) is 2.67. The van der Waals surface area contributed by atoms with Crippen LogP contribution in [-0.2, 0) is 7.05 Å². The van der Waals surface area contributed by atoms with E-state index in [4.69, 9.17) is 0 Å². The molecule has 4 heteroatoms. The number of hydrogen-bond acceptors (Lipinski definition) is 2. The molecular weight excluding hydrogens is 208 g/mol. The summed E-state index contributed by atoms with van der Waals surface area (Å²) in [7, 11) is 1.83. The molecule has 1 aromatic rings. The molecule has 0 aliphatic heterocycles. The van der Waals surface area contributed by atoms with E-state index in [9.17, 15) is 5.11 Å². The van der Waals surface area contributed by atoms with Gasteiger partial charge in [-0.05, 0) is 12.5 Å². The molecule has 62 valence electrons. The third-order valence-electron chi connectivity index (χ3n) is 1.64. The molecule has 0 aliphatic carbocycles. The highest BCUT2D eigenvalue weighted by atomic mass is 79.9. The smallest absolute Gasteiger partial charge is 0.106 e. The minimum Gasteiger partial charge on any atom is -0.386 e. The van der Waals surface area contributed by atoms with Gasteiger partial charge in [0.2, 0.25) is 0 Å². The van der Waals surface area contributed by atoms with Crippen LogP contribution in [0.2, 0.25) is 0 Å². The van der Waals surface area contributed by atoms with Gasteiger partial charge in [-0.25, -0.2) is 0 Å². The molecule has 1 rings (SSSR count). The number of aliphatic hydroxyl groups excluding tert-OH is 1. The van der Waals surface area contributed by atoms with Gasteiger partial charge in [0.05, 0.1) is 11.9 Å². The monoisotopic (exact) mass is 218 g/mol. The maximum absolute atomic E-state index is 9.47. The number of rotatable bonds is 2. The topological polar surface area (TPSA) is 38.0 Å². The Bertz CT molecular complexity index is 227. The maximum Gasteiger partial charge on any atom is 0.106 e. The Hall–Kier alpha value is -0.350. The van der Waals surface area contributed by atoms with Crippen LogP contribution in [0.4, 0.5) is 0 Å². The standard InChI is InChI=1S/C7H11BrN2O/c1-5-4-9-10(2)7(5)6(11)3-8/h4,6,11H,3H2,1-2H3. The van der Waals surface area contributed by atoms with Crippen LogP contribution in [0.5, 0.6) is 0 Å². The second kappa shape index (κ2) is 3.36. The van der Waals surface area contributed by atoms with E-state index in [1.165, 1.54) is 0 Å². The molecule has 1 heterocycles. The molecule has 0 bridgehead atoms. The van der Waals surface area contributed by atoms with Crippen molar-refractivity contribution in [2.75, 3.05) is 5.33 Å². The Morgan fingerprint density at radius 3 is 2.82 bits per heavy atom. The molecule has 0 spiro atoms. The van der Waals surface area contributed by atoms with Crippen LogP contribution in [-0.4, -0.2) is 20.2 Å². The van der Waals surface area contributed by atoms with E-state index in [1.54, 1.807) is 10.9 Å². The highest BCUT2D eigenvalue weighted by Crippen LogP contribution is 2.17. The molecule has 0 fully saturated rings.